The van der Waals surface area contributed by atoms with Crippen LogP contribution in [0.4, 0.5) is 18.9 Å². The zero-order valence-electron chi connectivity index (χ0n) is 24.8. The Morgan fingerprint density at radius 2 is 1.43 bits per heavy atom. The highest BCUT2D eigenvalue weighted by atomic mass is 35.5. The van der Waals surface area contributed by atoms with Crippen molar-refractivity contribution in [3.8, 4) is 0 Å². The van der Waals surface area contributed by atoms with Gasteiger partial charge in [-0.3, -0.25) is 13.9 Å². The van der Waals surface area contributed by atoms with Gasteiger partial charge in [-0.1, -0.05) is 89.4 Å². The van der Waals surface area contributed by atoms with Crippen molar-refractivity contribution in [1.29, 1.82) is 0 Å². The summed E-state index contributed by atoms with van der Waals surface area (Å²) >= 11 is 18.2. The zero-order valence-corrected chi connectivity index (χ0v) is 27.9. The number of hydrogen-bond acceptors (Lipinski definition) is 4. The lowest BCUT2D eigenvalue weighted by Crippen LogP contribution is -2.53. The average molecular weight is 727 g/mol. The Hall–Kier alpha value is -3.77. The normalized spacial score (nSPS) is 12.3. The third kappa shape index (κ3) is 8.98. The first-order valence-corrected chi connectivity index (χ1v) is 16.8. The van der Waals surface area contributed by atoms with E-state index in [2.05, 4.69) is 5.32 Å². The van der Waals surface area contributed by atoms with E-state index in [-0.39, 0.29) is 34.5 Å². The van der Waals surface area contributed by atoms with E-state index >= 15 is 0 Å². The van der Waals surface area contributed by atoms with Crippen molar-refractivity contribution in [2.45, 2.75) is 37.0 Å². The monoisotopic (exact) mass is 725 g/mol. The first kappa shape index (κ1) is 36.1. The Balaban J connectivity index is 1.86. The van der Waals surface area contributed by atoms with Gasteiger partial charge in [-0.2, -0.15) is 13.2 Å². The van der Waals surface area contributed by atoms with Crippen LogP contribution in [-0.2, 0) is 38.8 Å². The van der Waals surface area contributed by atoms with E-state index in [0.717, 1.165) is 12.1 Å². The molecule has 2 amide bonds. The molecule has 0 radical (unpaired) electrons. The molecule has 4 rings (SSSR count). The van der Waals surface area contributed by atoms with Crippen LogP contribution in [0.2, 0.25) is 15.1 Å². The molecule has 4 aromatic rings. The SMILES string of the molecule is CCNC(=O)C(Cc1ccccc1)N(Cc1ccc(Cl)c(Cl)c1)C(=O)CN(c1ccc(Cl)c(C(F)(F)F)c1)S(=O)(=O)c1ccccc1. The van der Waals surface area contributed by atoms with Crippen molar-refractivity contribution in [3.05, 3.63) is 129 Å². The number of benzene rings is 4. The Labute approximate surface area is 285 Å². The number of anilines is 1. The van der Waals surface area contributed by atoms with E-state index in [1.54, 1.807) is 49.4 Å². The molecule has 0 heterocycles. The van der Waals surface area contributed by atoms with Crippen molar-refractivity contribution in [1.82, 2.24) is 10.2 Å². The van der Waals surface area contributed by atoms with Gasteiger partial charge in [0, 0.05) is 19.5 Å². The highest BCUT2D eigenvalue weighted by molar-refractivity contribution is 7.92. The van der Waals surface area contributed by atoms with Crippen LogP contribution in [0.15, 0.2) is 102 Å². The topological polar surface area (TPSA) is 86.8 Å². The lowest BCUT2D eigenvalue weighted by molar-refractivity contribution is -0.140. The van der Waals surface area contributed by atoms with Crippen molar-refractivity contribution in [3.63, 3.8) is 0 Å². The lowest BCUT2D eigenvalue weighted by Gasteiger charge is -2.34. The summed E-state index contributed by atoms with van der Waals surface area (Å²) in [5.74, 6) is -1.39. The van der Waals surface area contributed by atoms with Crippen molar-refractivity contribution >= 4 is 62.3 Å². The van der Waals surface area contributed by atoms with Crippen molar-refractivity contribution < 1.29 is 31.2 Å². The van der Waals surface area contributed by atoms with Crippen LogP contribution in [0.3, 0.4) is 0 Å². The Kier molecular flexibility index (Phi) is 11.8. The number of carbonyl (C=O) groups is 2. The van der Waals surface area contributed by atoms with Crippen LogP contribution >= 0.6 is 34.8 Å². The smallest absolute Gasteiger partial charge is 0.355 e. The number of likely N-dealkylation sites (N-methyl/N-ethyl adjacent to an activating group) is 1. The van der Waals surface area contributed by atoms with E-state index in [4.69, 9.17) is 34.8 Å². The summed E-state index contributed by atoms with van der Waals surface area (Å²) in [7, 11) is -4.62. The first-order chi connectivity index (χ1) is 22.2. The van der Waals surface area contributed by atoms with Crippen LogP contribution in [0, 0.1) is 0 Å². The number of hydrogen-bond donors (Lipinski definition) is 1. The molecule has 0 aliphatic rings. The molecule has 0 aliphatic carbocycles. The molecule has 14 heteroatoms. The summed E-state index contributed by atoms with van der Waals surface area (Å²) in [6, 6.07) is 21.9. The minimum absolute atomic E-state index is 0.0460. The average Bonchev–Trinajstić information content (AvgIpc) is 3.04. The Morgan fingerprint density at radius 3 is 2.02 bits per heavy atom. The van der Waals surface area contributed by atoms with E-state index in [0.29, 0.717) is 21.5 Å². The molecular formula is C33H29Cl3F3N3O4S. The summed E-state index contributed by atoms with van der Waals surface area (Å²) in [4.78, 5) is 28.8. The van der Waals surface area contributed by atoms with Crippen LogP contribution < -0.4 is 9.62 Å². The third-order valence-corrected chi connectivity index (χ3v) is 9.97. The molecule has 0 aliphatic heterocycles. The fourth-order valence-corrected chi connectivity index (χ4v) is 6.79. The van der Waals surface area contributed by atoms with Crippen LogP contribution in [0.5, 0.6) is 0 Å². The molecule has 0 spiro atoms. The number of amides is 2. The summed E-state index contributed by atoms with van der Waals surface area (Å²) in [6.07, 6.45) is -4.87. The molecule has 4 aromatic carbocycles. The predicted molar refractivity (Wildman–Crippen MR) is 177 cm³/mol. The molecule has 0 aromatic heterocycles. The molecule has 7 nitrogen and oxygen atoms in total. The summed E-state index contributed by atoms with van der Waals surface area (Å²) < 4.78 is 70.2. The minimum atomic E-state index is -4.92. The van der Waals surface area contributed by atoms with Gasteiger partial charge in [0.25, 0.3) is 10.0 Å². The van der Waals surface area contributed by atoms with Gasteiger partial charge in [-0.15, -0.1) is 0 Å². The number of sulfonamides is 1. The number of rotatable bonds is 12. The largest absolute Gasteiger partial charge is 0.417 e. The first-order valence-electron chi connectivity index (χ1n) is 14.2. The van der Waals surface area contributed by atoms with Gasteiger partial charge in [0.05, 0.1) is 31.2 Å². The molecule has 248 valence electrons. The fraction of sp³-hybridized carbons (Fsp3) is 0.212. The lowest BCUT2D eigenvalue weighted by atomic mass is 10.0. The highest BCUT2D eigenvalue weighted by Crippen LogP contribution is 2.38. The Bertz CT molecular complexity index is 1830. The molecule has 0 saturated heterocycles. The molecule has 1 unspecified atom stereocenters. The number of nitrogens with one attached hydrogen (secondary N) is 1. The predicted octanol–water partition coefficient (Wildman–Crippen LogP) is 7.64. The minimum Gasteiger partial charge on any atom is -0.355 e. The number of halogens is 6. The molecule has 0 saturated carbocycles. The highest BCUT2D eigenvalue weighted by Gasteiger charge is 2.37. The van der Waals surface area contributed by atoms with Gasteiger partial charge in [-0.05, 0) is 60.5 Å². The van der Waals surface area contributed by atoms with Crippen LogP contribution in [0.25, 0.3) is 0 Å². The maximum Gasteiger partial charge on any atom is 0.417 e. The molecule has 0 bridgehead atoms. The van der Waals surface area contributed by atoms with Gasteiger partial charge in [0.2, 0.25) is 11.8 Å². The zero-order chi connectivity index (χ0) is 34.4. The Morgan fingerprint density at radius 1 is 0.809 bits per heavy atom. The van der Waals surface area contributed by atoms with Gasteiger partial charge >= 0.3 is 6.18 Å². The van der Waals surface area contributed by atoms with Gasteiger partial charge in [0.1, 0.15) is 12.6 Å². The van der Waals surface area contributed by atoms with E-state index < -0.39 is 56.9 Å². The number of alkyl halides is 3. The number of nitrogens with zero attached hydrogens (tertiary/aromatic N) is 2. The second kappa shape index (κ2) is 15.4. The van der Waals surface area contributed by atoms with Crippen LogP contribution in [0.1, 0.15) is 23.6 Å². The second-order valence-corrected chi connectivity index (χ2v) is 13.4. The molecule has 47 heavy (non-hydrogen) atoms. The van der Waals surface area contributed by atoms with Crippen molar-refractivity contribution in [2.24, 2.45) is 0 Å². The maximum atomic E-state index is 14.4. The van der Waals surface area contributed by atoms with Crippen LogP contribution in [-0.4, -0.2) is 44.3 Å². The van der Waals surface area contributed by atoms with E-state index in [9.17, 15) is 31.2 Å². The molecule has 1 N–H and O–H groups in total. The quantitative estimate of drug-likeness (QED) is 0.163. The molecular weight excluding hydrogens is 698 g/mol. The van der Waals surface area contributed by atoms with Gasteiger partial charge in [-0.25, -0.2) is 8.42 Å². The van der Waals surface area contributed by atoms with E-state index in [1.807, 2.05) is 0 Å². The van der Waals surface area contributed by atoms with Gasteiger partial charge in [0.15, 0.2) is 0 Å². The summed E-state index contributed by atoms with van der Waals surface area (Å²) in [5.41, 5.74) is -0.559. The summed E-state index contributed by atoms with van der Waals surface area (Å²) in [6.45, 7) is 0.772. The summed E-state index contributed by atoms with van der Waals surface area (Å²) in [5, 5.41) is 2.51. The van der Waals surface area contributed by atoms with E-state index in [1.165, 1.54) is 41.3 Å². The maximum absolute atomic E-state index is 14.4. The van der Waals surface area contributed by atoms with Gasteiger partial charge < -0.3 is 10.2 Å². The second-order valence-electron chi connectivity index (χ2n) is 10.4. The third-order valence-electron chi connectivity index (χ3n) is 7.11. The standard InChI is InChI=1S/C33H29Cl3F3N3O4S/c1-2-40-32(44)30(18-22-9-5-3-6-10-22)41(20-23-13-15-28(35)29(36)17-23)31(43)21-42(47(45,46)25-11-7-4-8-12-25)24-14-16-27(34)26(19-24)33(37,38)39/h3-17,19,30H,2,18,20-21H2,1H3,(H,40,44). The van der Waals surface area contributed by atoms with Crippen molar-refractivity contribution in [2.75, 3.05) is 17.4 Å². The fourth-order valence-electron chi connectivity index (χ4n) is 4.81. The molecule has 0 fully saturated rings. The number of carbonyl (C=O) groups excluding carboxylic acids is 2. The molecule has 1 atom stereocenters.